The quantitative estimate of drug-likeness (QED) is 0.434. The highest BCUT2D eigenvalue weighted by molar-refractivity contribution is 7.89. The van der Waals surface area contributed by atoms with Crippen molar-refractivity contribution in [3.63, 3.8) is 0 Å². The van der Waals surface area contributed by atoms with E-state index in [4.69, 9.17) is 0 Å². The van der Waals surface area contributed by atoms with Crippen LogP contribution in [0.25, 0.3) is 0 Å². The number of benzene rings is 3. The molecule has 0 radical (unpaired) electrons. The Bertz CT molecular complexity index is 1500. The molecule has 0 spiro atoms. The Morgan fingerprint density at radius 1 is 0.590 bits per heavy atom. The van der Waals surface area contributed by atoms with Gasteiger partial charge in [-0.2, -0.15) is 8.61 Å². The van der Waals surface area contributed by atoms with E-state index in [9.17, 15) is 21.6 Å². The Labute approximate surface area is 230 Å². The van der Waals surface area contributed by atoms with Crippen LogP contribution in [-0.4, -0.2) is 93.5 Å². The van der Waals surface area contributed by atoms with Crippen molar-refractivity contribution < 1.29 is 21.6 Å². The third-order valence-electron chi connectivity index (χ3n) is 7.20. The summed E-state index contributed by atoms with van der Waals surface area (Å²) in [4.78, 5) is 17.7. The summed E-state index contributed by atoms with van der Waals surface area (Å²) >= 11 is 0. The zero-order chi connectivity index (χ0) is 27.5. The van der Waals surface area contributed by atoms with Crippen molar-refractivity contribution in [2.75, 3.05) is 52.4 Å². The van der Waals surface area contributed by atoms with E-state index in [2.05, 4.69) is 4.90 Å². The van der Waals surface area contributed by atoms with E-state index in [0.717, 1.165) is 5.56 Å². The van der Waals surface area contributed by atoms with E-state index in [0.29, 0.717) is 56.3 Å². The standard InChI is InChI=1S/C28H32N4O5S2/c33-28(30-16-20-32(21-17-30)39(36,37)27-12-5-2-6-13-27)25-9-7-8-24(22-25)23-29-14-18-31(19-15-29)38(34,35)26-10-3-1-4-11-26/h1-13,22H,14-21,23H2. The number of piperazine rings is 2. The van der Waals surface area contributed by atoms with E-state index < -0.39 is 20.0 Å². The van der Waals surface area contributed by atoms with Crippen molar-refractivity contribution in [3.05, 3.63) is 96.1 Å². The molecule has 0 N–H and O–H groups in total. The predicted octanol–water partition coefficient (Wildman–Crippen LogP) is 2.34. The number of carbonyl (C=O) groups excluding carboxylic acids is 1. The van der Waals surface area contributed by atoms with Gasteiger partial charge in [0.2, 0.25) is 20.0 Å². The molecule has 0 aliphatic carbocycles. The van der Waals surface area contributed by atoms with Crippen LogP contribution in [0.2, 0.25) is 0 Å². The first-order chi connectivity index (χ1) is 18.7. The largest absolute Gasteiger partial charge is 0.336 e. The van der Waals surface area contributed by atoms with Crippen LogP contribution >= 0.6 is 0 Å². The lowest BCUT2D eigenvalue weighted by atomic mass is 10.1. The average molecular weight is 569 g/mol. The second kappa shape index (κ2) is 11.6. The molecule has 0 unspecified atom stereocenters. The predicted molar refractivity (Wildman–Crippen MR) is 148 cm³/mol. The van der Waals surface area contributed by atoms with Crippen LogP contribution in [0.3, 0.4) is 0 Å². The van der Waals surface area contributed by atoms with Crippen molar-refractivity contribution in [1.82, 2.24) is 18.4 Å². The van der Waals surface area contributed by atoms with Gasteiger partial charge in [0.1, 0.15) is 0 Å². The SMILES string of the molecule is O=C(c1cccc(CN2CCN(S(=O)(=O)c3ccccc3)CC2)c1)N1CCN(S(=O)(=O)c2ccccc2)CC1. The molecule has 2 saturated heterocycles. The van der Waals surface area contributed by atoms with Gasteiger partial charge in [-0.15, -0.1) is 0 Å². The molecule has 206 valence electrons. The van der Waals surface area contributed by atoms with Crippen molar-refractivity contribution in [2.45, 2.75) is 16.3 Å². The fourth-order valence-electron chi connectivity index (χ4n) is 4.99. The molecule has 39 heavy (non-hydrogen) atoms. The highest BCUT2D eigenvalue weighted by Crippen LogP contribution is 2.20. The normalized spacial score (nSPS) is 18.2. The number of carbonyl (C=O) groups is 1. The first kappa shape index (κ1) is 27.5. The Kier molecular flexibility index (Phi) is 8.15. The van der Waals surface area contributed by atoms with E-state index in [-0.39, 0.29) is 23.9 Å². The minimum absolute atomic E-state index is 0.118. The number of hydrogen-bond acceptors (Lipinski definition) is 6. The minimum atomic E-state index is -3.58. The Balaban J connectivity index is 1.16. The van der Waals surface area contributed by atoms with Crippen LogP contribution in [0.15, 0.2) is 94.7 Å². The number of nitrogens with zero attached hydrogens (tertiary/aromatic N) is 4. The van der Waals surface area contributed by atoms with E-state index in [1.54, 1.807) is 71.6 Å². The highest BCUT2D eigenvalue weighted by atomic mass is 32.2. The molecule has 0 atom stereocenters. The molecule has 0 aromatic heterocycles. The van der Waals surface area contributed by atoms with Crippen LogP contribution in [0.4, 0.5) is 0 Å². The van der Waals surface area contributed by atoms with E-state index in [1.165, 1.54) is 8.61 Å². The molecule has 2 aliphatic rings. The summed E-state index contributed by atoms with van der Waals surface area (Å²) in [5, 5.41) is 0. The van der Waals surface area contributed by atoms with Gasteiger partial charge in [0.05, 0.1) is 9.79 Å². The maximum Gasteiger partial charge on any atom is 0.253 e. The molecule has 0 saturated carbocycles. The van der Waals surface area contributed by atoms with Crippen molar-refractivity contribution in [2.24, 2.45) is 0 Å². The third kappa shape index (κ3) is 6.07. The molecule has 5 rings (SSSR count). The maximum atomic E-state index is 13.2. The van der Waals surface area contributed by atoms with Crippen molar-refractivity contribution >= 4 is 26.0 Å². The Morgan fingerprint density at radius 2 is 1.08 bits per heavy atom. The lowest BCUT2D eigenvalue weighted by molar-refractivity contribution is 0.0697. The van der Waals surface area contributed by atoms with Crippen LogP contribution in [-0.2, 0) is 26.6 Å². The van der Waals surface area contributed by atoms with Crippen LogP contribution in [0.5, 0.6) is 0 Å². The molecule has 1 amide bonds. The van der Waals surface area contributed by atoms with Gasteiger partial charge in [0.15, 0.2) is 0 Å². The Hall–Kier alpha value is -3.09. The fourth-order valence-corrected chi connectivity index (χ4v) is 7.87. The second-order valence-electron chi connectivity index (χ2n) is 9.70. The number of amides is 1. The average Bonchev–Trinajstić information content (AvgIpc) is 2.98. The van der Waals surface area contributed by atoms with Gasteiger partial charge in [-0.25, -0.2) is 16.8 Å². The summed E-state index contributed by atoms with van der Waals surface area (Å²) in [7, 11) is -7.08. The minimum Gasteiger partial charge on any atom is -0.336 e. The summed E-state index contributed by atoms with van der Waals surface area (Å²) in [5.74, 6) is -0.118. The van der Waals surface area contributed by atoms with Gasteiger partial charge in [-0.05, 0) is 42.0 Å². The topological polar surface area (TPSA) is 98.3 Å². The van der Waals surface area contributed by atoms with Crippen LogP contribution < -0.4 is 0 Å². The third-order valence-corrected chi connectivity index (χ3v) is 11.0. The smallest absolute Gasteiger partial charge is 0.253 e. The van der Waals surface area contributed by atoms with Crippen molar-refractivity contribution in [3.8, 4) is 0 Å². The molecule has 2 fully saturated rings. The molecule has 3 aromatic rings. The maximum absolute atomic E-state index is 13.2. The number of rotatable bonds is 7. The summed E-state index contributed by atoms with van der Waals surface area (Å²) in [6, 6.07) is 24.3. The van der Waals surface area contributed by atoms with Crippen LogP contribution in [0.1, 0.15) is 15.9 Å². The summed E-state index contributed by atoms with van der Waals surface area (Å²) < 4.78 is 54.5. The first-order valence-corrected chi connectivity index (χ1v) is 15.8. The second-order valence-corrected chi connectivity index (χ2v) is 13.6. The van der Waals surface area contributed by atoms with Crippen LogP contribution in [0, 0.1) is 0 Å². The van der Waals surface area contributed by atoms with Gasteiger partial charge in [0, 0.05) is 64.5 Å². The van der Waals surface area contributed by atoms with Gasteiger partial charge in [-0.1, -0.05) is 48.5 Å². The Morgan fingerprint density at radius 3 is 1.59 bits per heavy atom. The highest BCUT2D eigenvalue weighted by Gasteiger charge is 2.31. The number of sulfonamides is 2. The van der Waals surface area contributed by atoms with Gasteiger partial charge < -0.3 is 4.90 Å². The molecular weight excluding hydrogens is 536 g/mol. The lowest BCUT2D eigenvalue weighted by Gasteiger charge is -2.34. The zero-order valence-corrected chi connectivity index (χ0v) is 23.2. The first-order valence-electron chi connectivity index (χ1n) is 13.0. The molecule has 2 heterocycles. The van der Waals surface area contributed by atoms with Crippen molar-refractivity contribution in [1.29, 1.82) is 0 Å². The molecule has 3 aromatic carbocycles. The monoisotopic (exact) mass is 568 g/mol. The molecule has 2 aliphatic heterocycles. The summed E-state index contributed by atoms with van der Waals surface area (Å²) in [5.41, 5.74) is 1.54. The molecular formula is C28H32N4O5S2. The fraction of sp³-hybridized carbons (Fsp3) is 0.321. The molecule has 9 nitrogen and oxygen atoms in total. The molecule has 11 heteroatoms. The summed E-state index contributed by atoms with van der Waals surface area (Å²) in [6.07, 6.45) is 0. The number of hydrogen-bond donors (Lipinski definition) is 0. The van der Waals surface area contributed by atoms with E-state index in [1.807, 2.05) is 18.2 Å². The van der Waals surface area contributed by atoms with Gasteiger partial charge in [0.25, 0.3) is 5.91 Å². The zero-order valence-electron chi connectivity index (χ0n) is 21.6. The van der Waals surface area contributed by atoms with E-state index >= 15 is 0 Å². The lowest BCUT2D eigenvalue weighted by Crippen LogP contribution is -2.50. The van der Waals surface area contributed by atoms with Gasteiger partial charge in [-0.3, -0.25) is 9.69 Å². The molecule has 0 bridgehead atoms. The summed E-state index contributed by atoms with van der Waals surface area (Å²) in [6.45, 7) is 3.78. The van der Waals surface area contributed by atoms with Gasteiger partial charge >= 0.3 is 0 Å².